The molecule has 2 heterocycles. The molecular weight excluding hydrogens is 381 g/mol. The Labute approximate surface area is 167 Å². The van der Waals surface area contributed by atoms with Crippen molar-refractivity contribution < 1.29 is 4.79 Å². The number of likely N-dealkylation sites (tertiary alicyclic amines) is 1. The van der Waals surface area contributed by atoms with E-state index < -0.39 is 0 Å². The van der Waals surface area contributed by atoms with Gasteiger partial charge in [0.25, 0.3) is 0 Å². The first kappa shape index (κ1) is 18.1. The minimum atomic E-state index is 0.00174. The van der Waals surface area contributed by atoms with Gasteiger partial charge in [-0.25, -0.2) is 4.98 Å². The van der Waals surface area contributed by atoms with E-state index in [1.165, 1.54) is 0 Å². The summed E-state index contributed by atoms with van der Waals surface area (Å²) >= 11 is 12.0. The third-order valence-electron chi connectivity index (χ3n) is 4.89. The predicted octanol–water partition coefficient (Wildman–Crippen LogP) is 5.29. The highest BCUT2D eigenvalue weighted by molar-refractivity contribution is 6.42. The van der Waals surface area contributed by atoms with Crippen LogP contribution in [0.4, 0.5) is 0 Å². The summed E-state index contributed by atoms with van der Waals surface area (Å²) in [5.74, 6) is 1.19. The van der Waals surface area contributed by atoms with Crippen LogP contribution in [0.1, 0.15) is 30.1 Å². The van der Waals surface area contributed by atoms with E-state index in [1.807, 2.05) is 35.2 Å². The smallest absolute Gasteiger partial charge is 0.246 e. The lowest BCUT2D eigenvalue weighted by Crippen LogP contribution is -2.38. The molecule has 2 aromatic carbocycles. The van der Waals surface area contributed by atoms with E-state index >= 15 is 0 Å². The summed E-state index contributed by atoms with van der Waals surface area (Å²) < 4.78 is 0. The maximum absolute atomic E-state index is 12.6. The molecule has 4 rings (SSSR count). The summed E-state index contributed by atoms with van der Waals surface area (Å²) in [5.41, 5.74) is 2.86. The first-order chi connectivity index (χ1) is 13.1. The fourth-order valence-corrected chi connectivity index (χ4v) is 3.76. The number of rotatable bonds is 3. The molecule has 0 radical (unpaired) electrons. The van der Waals surface area contributed by atoms with Crippen molar-refractivity contribution in [2.45, 2.75) is 18.8 Å². The van der Waals surface area contributed by atoms with Crippen molar-refractivity contribution in [2.75, 3.05) is 13.1 Å². The van der Waals surface area contributed by atoms with Crippen LogP contribution < -0.4 is 0 Å². The molecule has 6 heteroatoms. The number of aromatic amines is 1. The second-order valence-corrected chi connectivity index (χ2v) is 7.58. The second-order valence-electron chi connectivity index (χ2n) is 6.77. The predicted molar refractivity (Wildman–Crippen MR) is 110 cm³/mol. The molecule has 3 aromatic rings. The summed E-state index contributed by atoms with van der Waals surface area (Å²) in [6.07, 6.45) is 5.37. The summed E-state index contributed by atoms with van der Waals surface area (Å²) in [7, 11) is 0. The van der Waals surface area contributed by atoms with E-state index in [0.29, 0.717) is 16.6 Å². The Balaban J connectivity index is 1.46. The number of H-pyrrole nitrogens is 1. The minimum absolute atomic E-state index is 0.00174. The first-order valence-electron chi connectivity index (χ1n) is 8.97. The number of hydrogen-bond acceptors (Lipinski definition) is 2. The molecule has 1 unspecified atom stereocenters. The van der Waals surface area contributed by atoms with E-state index in [1.54, 1.807) is 24.3 Å². The number of carbonyl (C=O) groups is 1. The zero-order valence-corrected chi connectivity index (χ0v) is 16.2. The monoisotopic (exact) mass is 399 g/mol. The van der Waals surface area contributed by atoms with Gasteiger partial charge >= 0.3 is 0 Å². The Hall–Kier alpha value is -2.30. The highest BCUT2D eigenvalue weighted by atomic mass is 35.5. The molecular formula is C21H19Cl2N3O. The van der Waals surface area contributed by atoms with Crippen molar-refractivity contribution in [3.05, 3.63) is 70.0 Å². The Morgan fingerprint density at radius 2 is 2.04 bits per heavy atom. The van der Waals surface area contributed by atoms with E-state index in [9.17, 15) is 4.79 Å². The number of fused-ring (bicyclic) bond motifs is 1. The quantitative estimate of drug-likeness (QED) is 0.608. The van der Waals surface area contributed by atoms with Crippen LogP contribution in [-0.2, 0) is 4.79 Å². The van der Waals surface area contributed by atoms with Crippen molar-refractivity contribution in [3.8, 4) is 0 Å². The van der Waals surface area contributed by atoms with Crippen LogP contribution in [0.5, 0.6) is 0 Å². The van der Waals surface area contributed by atoms with Crippen molar-refractivity contribution in [2.24, 2.45) is 0 Å². The van der Waals surface area contributed by atoms with Crippen molar-refractivity contribution in [1.82, 2.24) is 14.9 Å². The van der Waals surface area contributed by atoms with E-state index in [-0.39, 0.29) is 11.8 Å². The molecule has 1 aliphatic heterocycles. The van der Waals surface area contributed by atoms with Crippen LogP contribution in [0.3, 0.4) is 0 Å². The van der Waals surface area contributed by atoms with Gasteiger partial charge in [-0.1, -0.05) is 41.4 Å². The molecule has 1 atom stereocenters. The van der Waals surface area contributed by atoms with Gasteiger partial charge in [-0.05, 0) is 48.7 Å². The standard InChI is InChI=1S/C21H19Cl2N3O/c22-16-9-7-14(12-17(16)23)8-10-20(27)26-11-3-4-15(13-26)21-24-18-5-1-2-6-19(18)25-21/h1-2,5-10,12,15H,3-4,11,13H2,(H,24,25)/b10-8+. The molecule has 1 aliphatic rings. The number of amides is 1. The number of imidazole rings is 1. The van der Waals surface area contributed by atoms with Gasteiger partial charge in [-0.3, -0.25) is 4.79 Å². The molecule has 138 valence electrons. The number of carbonyl (C=O) groups excluding carboxylic acids is 1. The summed E-state index contributed by atoms with van der Waals surface area (Å²) in [6.45, 7) is 1.44. The topological polar surface area (TPSA) is 49.0 Å². The number of benzene rings is 2. The van der Waals surface area contributed by atoms with E-state index in [0.717, 1.165) is 41.8 Å². The molecule has 1 N–H and O–H groups in total. The summed E-state index contributed by atoms with van der Waals surface area (Å²) in [5, 5.41) is 0.985. The van der Waals surface area contributed by atoms with Gasteiger partial charge in [0.15, 0.2) is 0 Å². The number of nitrogens with zero attached hydrogens (tertiary/aromatic N) is 2. The number of nitrogens with one attached hydrogen (secondary N) is 1. The SMILES string of the molecule is O=C(/C=C/c1ccc(Cl)c(Cl)c1)N1CCCC(c2nc3ccccc3[nH]2)C1. The Bertz CT molecular complexity index is 979. The largest absolute Gasteiger partial charge is 0.342 e. The normalized spacial score (nSPS) is 17.7. The number of halogens is 2. The van der Waals surface area contributed by atoms with Gasteiger partial charge in [0, 0.05) is 25.1 Å². The van der Waals surface area contributed by atoms with Crippen molar-refractivity contribution in [3.63, 3.8) is 0 Å². The lowest BCUT2D eigenvalue weighted by atomic mass is 9.97. The van der Waals surface area contributed by atoms with Crippen molar-refractivity contribution >= 4 is 46.2 Å². The molecule has 4 nitrogen and oxygen atoms in total. The zero-order chi connectivity index (χ0) is 18.8. The van der Waals surface area contributed by atoms with Crippen LogP contribution in [0.15, 0.2) is 48.5 Å². The Morgan fingerprint density at radius 1 is 1.19 bits per heavy atom. The van der Waals surface area contributed by atoms with Crippen LogP contribution in [0.2, 0.25) is 10.0 Å². The van der Waals surface area contributed by atoms with Gasteiger partial charge in [0.05, 0.1) is 21.1 Å². The highest BCUT2D eigenvalue weighted by Crippen LogP contribution is 2.27. The summed E-state index contributed by atoms with van der Waals surface area (Å²) in [6, 6.07) is 13.3. The lowest BCUT2D eigenvalue weighted by molar-refractivity contribution is -0.127. The average molecular weight is 400 g/mol. The fourth-order valence-electron chi connectivity index (χ4n) is 3.46. The Morgan fingerprint density at radius 3 is 2.85 bits per heavy atom. The summed E-state index contributed by atoms with van der Waals surface area (Å²) in [4.78, 5) is 22.6. The van der Waals surface area contributed by atoms with Crippen molar-refractivity contribution in [1.29, 1.82) is 0 Å². The zero-order valence-electron chi connectivity index (χ0n) is 14.7. The lowest BCUT2D eigenvalue weighted by Gasteiger charge is -2.31. The highest BCUT2D eigenvalue weighted by Gasteiger charge is 2.25. The number of hydrogen-bond donors (Lipinski definition) is 1. The van der Waals surface area contributed by atoms with E-state index in [2.05, 4.69) is 4.98 Å². The second kappa shape index (κ2) is 7.75. The number of aromatic nitrogens is 2. The molecule has 27 heavy (non-hydrogen) atoms. The maximum atomic E-state index is 12.6. The molecule has 0 saturated carbocycles. The third kappa shape index (κ3) is 4.02. The molecule has 0 aliphatic carbocycles. The third-order valence-corrected chi connectivity index (χ3v) is 5.63. The van der Waals surface area contributed by atoms with Gasteiger partial charge in [0.1, 0.15) is 5.82 Å². The number of para-hydroxylation sites is 2. The molecule has 1 saturated heterocycles. The average Bonchev–Trinajstić information content (AvgIpc) is 3.13. The van der Waals surface area contributed by atoms with Gasteiger partial charge in [-0.15, -0.1) is 0 Å². The van der Waals surface area contributed by atoms with Gasteiger partial charge in [0.2, 0.25) is 5.91 Å². The Kier molecular flexibility index (Phi) is 5.19. The van der Waals surface area contributed by atoms with Crippen LogP contribution in [0.25, 0.3) is 17.1 Å². The van der Waals surface area contributed by atoms with Gasteiger partial charge < -0.3 is 9.88 Å². The van der Waals surface area contributed by atoms with Crippen LogP contribution >= 0.6 is 23.2 Å². The first-order valence-corrected chi connectivity index (χ1v) is 9.72. The molecule has 0 bridgehead atoms. The number of piperidine rings is 1. The molecule has 1 fully saturated rings. The molecule has 0 spiro atoms. The molecule has 1 amide bonds. The van der Waals surface area contributed by atoms with Gasteiger partial charge in [-0.2, -0.15) is 0 Å². The van der Waals surface area contributed by atoms with Crippen LogP contribution in [0, 0.1) is 0 Å². The maximum Gasteiger partial charge on any atom is 0.246 e. The fraction of sp³-hybridized carbons (Fsp3) is 0.238. The minimum Gasteiger partial charge on any atom is -0.342 e. The van der Waals surface area contributed by atoms with E-state index in [4.69, 9.17) is 28.2 Å². The molecule has 1 aromatic heterocycles. The van der Waals surface area contributed by atoms with Crippen LogP contribution in [-0.4, -0.2) is 33.9 Å².